The van der Waals surface area contributed by atoms with Gasteiger partial charge in [-0.3, -0.25) is 4.79 Å². The van der Waals surface area contributed by atoms with E-state index in [0.29, 0.717) is 12.8 Å². The fourth-order valence-electron chi connectivity index (χ4n) is 7.31. The van der Waals surface area contributed by atoms with Crippen molar-refractivity contribution < 1.29 is 64.6 Å². The molecule has 0 spiro atoms. The number of carbonyl (C=O) groups is 1. The van der Waals surface area contributed by atoms with E-state index in [0.717, 1.165) is 96.3 Å². The van der Waals surface area contributed by atoms with Crippen LogP contribution in [0.3, 0.4) is 0 Å². The summed E-state index contributed by atoms with van der Waals surface area (Å²) in [5.41, 5.74) is 0. The van der Waals surface area contributed by atoms with Crippen LogP contribution in [0.15, 0.2) is 97.2 Å². The molecule has 0 saturated carbocycles. The Balaban J connectivity index is 1.64. The summed E-state index contributed by atoms with van der Waals surface area (Å²) in [4.78, 5) is 13.0. The van der Waals surface area contributed by atoms with Crippen LogP contribution in [0.2, 0.25) is 0 Å². The van der Waals surface area contributed by atoms with Crippen molar-refractivity contribution in [1.29, 1.82) is 0 Å². The molecule has 1 amide bonds. The first-order valence-corrected chi connectivity index (χ1v) is 24.5. The number of nitrogens with one attached hydrogen (secondary N) is 1. The van der Waals surface area contributed by atoms with Gasteiger partial charge in [-0.05, 0) is 77.0 Å². The largest absolute Gasteiger partial charge is 0.394 e. The van der Waals surface area contributed by atoms with Crippen molar-refractivity contribution in [3.8, 4) is 0 Å². The summed E-state index contributed by atoms with van der Waals surface area (Å²) in [6.07, 6.45) is 33.9. The maximum atomic E-state index is 13.0. The monoisotopic (exact) mass is 932 g/mol. The lowest BCUT2D eigenvalue weighted by Gasteiger charge is -2.46. The Labute approximate surface area is 394 Å². The van der Waals surface area contributed by atoms with Crippen molar-refractivity contribution in [2.75, 3.05) is 19.8 Å². The highest BCUT2D eigenvalue weighted by Crippen LogP contribution is 2.30. The maximum Gasteiger partial charge on any atom is 0.220 e. The Kier molecular flexibility index (Phi) is 33.8. The number of allylic oxidation sites excluding steroid dienone is 16. The molecule has 2 heterocycles. The second kappa shape index (κ2) is 37.8. The molecular weight excluding hydrogens is 847 g/mol. The minimum atomic E-state index is -1.79. The van der Waals surface area contributed by atoms with Crippen molar-refractivity contribution in [3.63, 3.8) is 0 Å². The number of hydrogen-bond donors (Lipinski definition) is 9. The maximum absolute atomic E-state index is 13.0. The molecule has 0 radical (unpaired) electrons. The van der Waals surface area contributed by atoms with Crippen molar-refractivity contribution >= 4 is 5.91 Å². The number of amides is 1. The highest BCUT2D eigenvalue weighted by atomic mass is 16.7. The van der Waals surface area contributed by atoms with E-state index in [4.69, 9.17) is 18.9 Å². The Bertz CT molecular complexity index is 1470. The van der Waals surface area contributed by atoms with Gasteiger partial charge in [-0.2, -0.15) is 0 Å². The second-order valence-electron chi connectivity index (χ2n) is 16.9. The van der Waals surface area contributed by atoms with Crippen LogP contribution in [0.4, 0.5) is 0 Å². The van der Waals surface area contributed by atoms with E-state index in [-0.39, 0.29) is 18.9 Å². The molecule has 2 aliphatic heterocycles. The topological polar surface area (TPSA) is 228 Å². The number of aliphatic hydroxyl groups excluding tert-OH is 8. The zero-order chi connectivity index (χ0) is 48.2. The van der Waals surface area contributed by atoms with Gasteiger partial charge in [0.15, 0.2) is 12.6 Å². The van der Waals surface area contributed by atoms with Crippen LogP contribution in [0, 0.1) is 0 Å². The van der Waals surface area contributed by atoms with Gasteiger partial charge in [0.2, 0.25) is 5.91 Å². The van der Waals surface area contributed by atoms with E-state index in [1.807, 2.05) is 6.92 Å². The fourth-order valence-corrected chi connectivity index (χ4v) is 7.31. The summed E-state index contributed by atoms with van der Waals surface area (Å²) in [6.45, 7) is 2.50. The SMILES string of the molecule is CC/C=C\C/C=C\C/C=C\C/C=C\C/C=C\C/C=C\C/C=C\C/C=C\CCCCCCC(=O)NC(COC1OC(CO)C(OC2OC(CO)C(O)C(O)C2O)C(O)C1O)C(O)CCCCC. The first-order valence-electron chi connectivity index (χ1n) is 24.5. The van der Waals surface area contributed by atoms with Gasteiger partial charge in [0.25, 0.3) is 0 Å². The molecule has 14 heteroatoms. The molecule has 0 aliphatic carbocycles. The van der Waals surface area contributed by atoms with E-state index >= 15 is 0 Å². The zero-order valence-electron chi connectivity index (χ0n) is 39.6. The van der Waals surface area contributed by atoms with Crippen molar-refractivity contribution in [1.82, 2.24) is 5.32 Å². The fraction of sp³-hybridized carbons (Fsp3) is 0.673. The molecule has 12 unspecified atom stereocenters. The summed E-state index contributed by atoms with van der Waals surface area (Å²) >= 11 is 0. The minimum Gasteiger partial charge on any atom is -0.394 e. The highest BCUT2D eigenvalue weighted by molar-refractivity contribution is 5.76. The van der Waals surface area contributed by atoms with Gasteiger partial charge in [0.05, 0.1) is 32.0 Å². The quantitative estimate of drug-likeness (QED) is 0.0264. The smallest absolute Gasteiger partial charge is 0.220 e. The summed E-state index contributed by atoms with van der Waals surface area (Å²) < 4.78 is 22.5. The van der Waals surface area contributed by atoms with Gasteiger partial charge in [0, 0.05) is 6.42 Å². The molecular formula is C52H85NO13. The zero-order valence-corrected chi connectivity index (χ0v) is 39.6. The number of hydrogen-bond acceptors (Lipinski definition) is 13. The third kappa shape index (κ3) is 24.8. The van der Waals surface area contributed by atoms with Gasteiger partial charge in [-0.15, -0.1) is 0 Å². The number of unbranched alkanes of at least 4 members (excludes halogenated alkanes) is 6. The molecule has 0 aromatic rings. The lowest BCUT2D eigenvalue weighted by molar-refractivity contribution is -0.359. The molecule has 14 nitrogen and oxygen atoms in total. The summed E-state index contributed by atoms with van der Waals surface area (Å²) in [5.74, 6) is -0.250. The molecule has 2 rings (SSSR count). The standard InChI is InChI=1S/C52H85NO13/c1-3-5-7-8-9-10-11-12-13-14-15-16-17-18-19-20-21-22-23-24-25-26-27-28-29-30-31-32-34-36-44(57)53-40(41(56)35-33-6-4-2)39-63-51-49(62)47(60)50(43(38-55)65-51)66-52-48(61)46(59)45(58)42(37-54)64-52/h5,7,9-10,12-13,15-16,18-19,21-22,24-25,27-28,40-43,45-52,54-56,58-62H,3-4,6,8,11,14,17,20,23,26,29-39H2,1-2H3,(H,53,57)/b7-5-,10-9-,13-12-,16-15-,19-18-,22-21-,25-24-,28-27-. The molecule has 66 heavy (non-hydrogen) atoms. The van der Waals surface area contributed by atoms with Crippen molar-refractivity contribution in [3.05, 3.63) is 97.2 Å². The van der Waals surface area contributed by atoms with Crippen LogP contribution < -0.4 is 5.32 Å². The molecule has 2 saturated heterocycles. The van der Waals surface area contributed by atoms with Gasteiger partial charge in [-0.25, -0.2) is 0 Å². The second-order valence-corrected chi connectivity index (χ2v) is 16.9. The first kappa shape index (κ1) is 59.0. The number of rotatable bonds is 35. The van der Waals surface area contributed by atoms with Crippen LogP contribution in [0.1, 0.15) is 129 Å². The summed E-state index contributed by atoms with van der Waals surface area (Å²) in [7, 11) is 0. The normalized spacial score (nSPS) is 27.7. The van der Waals surface area contributed by atoms with Gasteiger partial charge in [-0.1, -0.05) is 143 Å². The Morgan fingerprint density at radius 3 is 1.56 bits per heavy atom. The van der Waals surface area contributed by atoms with Crippen LogP contribution >= 0.6 is 0 Å². The Morgan fingerprint density at radius 2 is 1.05 bits per heavy atom. The number of carbonyl (C=O) groups excluding carboxylic acids is 1. The van der Waals surface area contributed by atoms with Gasteiger partial charge >= 0.3 is 0 Å². The van der Waals surface area contributed by atoms with Crippen LogP contribution in [0.25, 0.3) is 0 Å². The number of ether oxygens (including phenoxy) is 4. The Morgan fingerprint density at radius 1 is 0.561 bits per heavy atom. The van der Waals surface area contributed by atoms with Crippen LogP contribution in [0.5, 0.6) is 0 Å². The first-order chi connectivity index (χ1) is 32.1. The van der Waals surface area contributed by atoms with Crippen molar-refractivity contribution in [2.45, 2.75) is 203 Å². The van der Waals surface area contributed by atoms with E-state index < -0.39 is 86.8 Å². The van der Waals surface area contributed by atoms with Crippen LogP contribution in [-0.2, 0) is 23.7 Å². The average Bonchev–Trinajstić information content (AvgIpc) is 3.31. The predicted molar refractivity (Wildman–Crippen MR) is 258 cm³/mol. The van der Waals surface area contributed by atoms with E-state index in [2.05, 4.69) is 109 Å². The molecule has 2 aliphatic rings. The average molecular weight is 932 g/mol. The highest BCUT2D eigenvalue weighted by Gasteiger charge is 2.51. The summed E-state index contributed by atoms with van der Waals surface area (Å²) in [6, 6.07) is -0.845. The van der Waals surface area contributed by atoms with E-state index in [1.165, 1.54) is 0 Å². The minimum absolute atomic E-state index is 0.250. The lowest BCUT2D eigenvalue weighted by Crippen LogP contribution is -2.65. The third-order valence-electron chi connectivity index (χ3n) is 11.3. The molecule has 0 bridgehead atoms. The predicted octanol–water partition coefficient (Wildman–Crippen LogP) is 5.98. The van der Waals surface area contributed by atoms with Gasteiger partial charge in [0.1, 0.15) is 48.8 Å². The van der Waals surface area contributed by atoms with Crippen molar-refractivity contribution in [2.24, 2.45) is 0 Å². The molecule has 0 aromatic carbocycles. The molecule has 2 fully saturated rings. The summed E-state index contributed by atoms with van der Waals surface area (Å²) in [5, 5.41) is 85.9. The number of aliphatic hydroxyl groups is 8. The van der Waals surface area contributed by atoms with E-state index in [9.17, 15) is 45.6 Å². The van der Waals surface area contributed by atoms with Crippen LogP contribution in [-0.4, -0.2) is 140 Å². The Hall–Kier alpha value is -3.09. The molecule has 12 atom stereocenters. The lowest BCUT2D eigenvalue weighted by atomic mass is 9.97. The molecule has 9 N–H and O–H groups in total. The van der Waals surface area contributed by atoms with E-state index in [1.54, 1.807) is 0 Å². The molecule has 0 aromatic heterocycles. The molecule has 376 valence electrons. The van der Waals surface area contributed by atoms with Gasteiger partial charge < -0.3 is 65.1 Å². The third-order valence-corrected chi connectivity index (χ3v) is 11.3.